The van der Waals surface area contributed by atoms with Crippen LogP contribution < -0.4 is 0 Å². The van der Waals surface area contributed by atoms with Crippen molar-refractivity contribution >= 4 is 22.5 Å². The van der Waals surface area contributed by atoms with E-state index in [1.807, 2.05) is 6.92 Å². The van der Waals surface area contributed by atoms with Crippen LogP contribution in [-0.2, 0) is 16.3 Å². The molecule has 7 heteroatoms. The average Bonchev–Trinajstić information content (AvgIpc) is 2.52. The SMILES string of the molecule is CCc1cc(S(=O)(=O)CCCCCCCCCC(F)(F)F)ccc1S. The van der Waals surface area contributed by atoms with Gasteiger partial charge in [0, 0.05) is 11.3 Å². The van der Waals surface area contributed by atoms with Gasteiger partial charge in [0.2, 0.25) is 0 Å². The van der Waals surface area contributed by atoms with Gasteiger partial charge in [0.25, 0.3) is 0 Å². The zero-order valence-corrected chi connectivity index (χ0v) is 16.3. The molecule has 0 aliphatic carbocycles. The molecule has 25 heavy (non-hydrogen) atoms. The van der Waals surface area contributed by atoms with Crippen molar-refractivity contribution in [3.63, 3.8) is 0 Å². The minimum absolute atomic E-state index is 0.107. The van der Waals surface area contributed by atoms with E-state index >= 15 is 0 Å². The molecule has 0 saturated heterocycles. The van der Waals surface area contributed by atoms with Gasteiger partial charge in [-0.15, -0.1) is 12.6 Å². The van der Waals surface area contributed by atoms with E-state index in [1.54, 1.807) is 18.2 Å². The van der Waals surface area contributed by atoms with Gasteiger partial charge < -0.3 is 0 Å². The Morgan fingerprint density at radius 2 is 1.52 bits per heavy atom. The molecule has 0 radical (unpaired) electrons. The standard InChI is InChI=1S/C18H27F3O2S2/c1-2-15-14-16(10-11-17(15)24)25(22,23)13-9-7-5-3-4-6-8-12-18(19,20)21/h10-11,14,24H,2-9,12-13H2,1H3. The number of sulfone groups is 1. The summed E-state index contributed by atoms with van der Waals surface area (Å²) in [5, 5.41) is 0. The summed E-state index contributed by atoms with van der Waals surface area (Å²) in [5.41, 5.74) is 0.920. The van der Waals surface area contributed by atoms with E-state index in [-0.39, 0.29) is 12.2 Å². The molecule has 0 heterocycles. The van der Waals surface area contributed by atoms with Crippen molar-refractivity contribution < 1.29 is 21.6 Å². The molecular formula is C18H27F3O2S2. The molecule has 1 rings (SSSR count). The summed E-state index contributed by atoms with van der Waals surface area (Å²) in [5.74, 6) is 0.107. The Bertz CT molecular complexity index is 626. The molecule has 0 fully saturated rings. The maximum atomic E-state index is 12.3. The van der Waals surface area contributed by atoms with Gasteiger partial charge in [0.1, 0.15) is 0 Å². The maximum absolute atomic E-state index is 12.3. The molecule has 0 N–H and O–H groups in total. The number of aryl methyl sites for hydroxylation is 1. The molecule has 0 aromatic heterocycles. The lowest BCUT2D eigenvalue weighted by Crippen LogP contribution is -2.07. The highest BCUT2D eigenvalue weighted by Gasteiger charge is 2.25. The average molecular weight is 397 g/mol. The molecule has 0 aliphatic rings. The van der Waals surface area contributed by atoms with Crippen molar-refractivity contribution in [2.45, 2.75) is 80.7 Å². The molecule has 0 atom stereocenters. The largest absolute Gasteiger partial charge is 0.389 e. The van der Waals surface area contributed by atoms with Crippen molar-refractivity contribution in [1.29, 1.82) is 0 Å². The summed E-state index contributed by atoms with van der Waals surface area (Å²) in [6.45, 7) is 1.96. The Balaban J connectivity index is 2.25. The molecule has 0 bridgehead atoms. The molecule has 0 spiro atoms. The fourth-order valence-corrected chi connectivity index (χ4v) is 4.37. The third kappa shape index (κ3) is 8.99. The number of benzene rings is 1. The lowest BCUT2D eigenvalue weighted by molar-refractivity contribution is -0.135. The number of rotatable bonds is 11. The van der Waals surface area contributed by atoms with E-state index < -0.39 is 22.4 Å². The van der Waals surface area contributed by atoms with E-state index in [0.29, 0.717) is 17.7 Å². The summed E-state index contributed by atoms with van der Waals surface area (Å²) in [6.07, 6.45) is 0.560. The van der Waals surface area contributed by atoms with Crippen LogP contribution >= 0.6 is 12.6 Å². The Morgan fingerprint density at radius 1 is 0.960 bits per heavy atom. The highest BCUT2D eigenvalue weighted by atomic mass is 32.2. The predicted molar refractivity (Wildman–Crippen MR) is 98.1 cm³/mol. The Hall–Kier alpha value is -0.690. The van der Waals surface area contributed by atoms with Crippen LogP contribution in [0, 0.1) is 0 Å². The van der Waals surface area contributed by atoms with Crippen molar-refractivity contribution in [2.75, 3.05) is 5.75 Å². The molecule has 0 aliphatic heterocycles. The fraction of sp³-hybridized carbons (Fsp3) is 0.667. The number of unbranched alkanes of at least 4 members (excludes halogenated alkanes) is 6. The molecule has 1 aromatic carbocycles. The zero-order chi connectivity index (χ0) is 18.9. The van der Waals surface area contributed by atoms with Gasteiger partial charge in [-0.05, 0) is 43.0 Å². The quantitative estimate of drug-likeness (QED) is 0.368. The number of hydrogen-bond donors (Lipinski definition) is 1. The first-order valence-electron chi connectivity index (χ1n) is 8.77. The lowest BCUT2D eigenvalue weighted by Gasteiger charge is -2.08. The third-order valence-corrected chi connectivity index (χ3v) is 6.40. The highest BCUT2D eigenvalue weighted by Crippen LogP contribution is 2.24. The molecule has 0 saturated carbocycles. The van der Waals surface area contributed by atoms with Crippen LogP contribution in [0.2, 0.25) is 0 Å². The van der Waals surface area contributed by atoms with Gasteiger partial charge in [-0.25, -0.2) is 8.42 Å². The Morgan fingerprint density at radius 3 is 2.08 bits per heavy atom. The van der Waals surface area contributed by atoms with E-state index in [0.717, 1.165) is 42.6 Å². The maximum Gasteiger partial charge on any atom is 0.389 e. The van der Waals surface area contributed by atoms with E-state index in [9.17, 15) is 21.6 Å². The van der Waals surface area contributed by atoms with Gasteiger partial charge in [0.05, 0.1) is 10.6 Å². The zero-order valence-electron chi connectivity index (χ0n) is 14.6. The summed E-state index contributed by atoms with van der Waals surface area (Å²) in [7, 11) is -3.29. The van der Waals surface area contributed by atoms with Gasteiger partial charge in [-0.2, -0.15) is 13.2 Å². The van der Waals surface area contributed by atoms with E-state index in [4.69, 9.17) is 0 Å². The van der Waals surface area contributed by atoms with Gasteiger partial charge in [-0.1, -0.05) is 39.0 Å². The second-order valence-electron chi connectivity index (χ2n) is 6.30. The molecule has 2 nitrogen and oxygen atoms in total. The minimum Gasteiger partial charge on any atom is -0.224 e. The first-order chi connectivity index (χ1) is 11.7. The monoisotopic (exact) mass is 396 g/mol. The third-order valence-electron chi connectivity index (χ3n) is 4.16. The second kappa shape index (κ2) is 10.5. The van der Waals surface area contributed by atoms with Crippen molar-refractivity contribution in [3.8, 4) is 0 Å². The molecule has 1 aromatic rings. The molecule has 0 amide bonds. The number of halogens is 3. The summed E-state index contributed by atoms with van der Waals surface area (Å²) >= 11 is 4.31. The lowest BCUT2D eigenvalue weighted by atomic mass is 10.1. The fourth-order valence-electron chi connectivity index (χ4n) is 2.66. The first kappa shape index (κ1) is 22.4. The normalized spacial score (nSPS) is 12.5. The number of thiol groups is 1. The van der Waals surface area contributed by atoms with Crippen LogP contribution in [0.5, 0.6) is 0 Å². The predicted octanol–water partition coefficient (Wildman–Crippen LogP) is 5.99. The second-order valence-corrected chi connectivity index (χ2v) is 8.89. The van der Waals surface area contributed by atoms with Crippen LogP contribution in [-0.4, -0.2) is 20.3 Å². The van der Waals surface area contributed by atoms with E-state index in [1.165, 1.54) is 0 Å². The Labute approximate surface area is 154 Å². The van der Waals surface area contributed by atoms with Crippen LogP contribution in [0.25, 0.3) is 0 Å². The topological polar surface area (TPSA) is 34.1 Å². The Kier molecular flexibility index (Phi) is 9.35. The molecule has 144 valence electrons. The smallest absolute Gasteiger partial charge is 0.224 e. The number of alkyl halides is 3. The highest BCUT2D eigenvalue weighted by molar-refractivity contribution is 7.91. The summed E-state index contributed by atoms with van der Waals surface area (Å²) in [4.78, 5) is 1.14. The van der Waals surface area contributed by atoms with Crippen LogP contribution in [0.1, 0.15) is 63.9 Å². The van der Waals surface area contributed by atoms with Crippen molar-refractivity contribution in [1.82, 2.24) is 0 Å². The van der Waals surface area contributed by atoms with Crippen molar-refractivity contribution in [2.24, 2.45) is 0 Å². The van der Waals surface area contributed by atoms with E-state index in [2.05, 4.69) is 12.6 Å². The first-order valence-corrected chi connectivity index (χ1v) is 10.9. The van der Waals surface area contributed by atoms with Crippen LogP contribution in [0.4, 0.5) is 13.2 Å². The molecule has 0 unspecified atom stereocenters. The van der Waals surface area contributed by atoms with Crippen LogP contribution in [0.3, 0.4) is 0 Å². The van der Waals surface area contributed by atoms with Gasteiger partial charge >= 0.3 is 6.18 Å². The van der Waals surface area contributed by atoms with Crippen molar-refractivity contribution in [3.05, 3.63) is 23.8 Å². The van der Waals surface area contributed by atoms with Gasteiger partial charge in [-0.3, -0.25) is 0 Å². The summed E-state index contributed by atoms with van der Waals surface area (Å²) < 4.78 is 60.7. The summed E-state index contributed by atoms with van der Waals surface area (Å²) in [6, 6.07) is 5.01. The van der Waals surface area contributed by atoms with Crippen LogP contribution in [0.15, 0.2) is 28.0 Å². The molecular weight excluding hydrogens is 369 g/mol. The van der Waals surface area contributed by atoms with Gasteiger partial charge in [0.15, 0.2) is 9.84 Å². The minimum atomic E-state index is -4.06. The number of hydrogen-bond acceptors (Lipinski definition) is 3.